The second kappa shape index (κ2) is 13.7. The molecule has 0 aliphatic carbocycles. The van der Waals surface area contributed by atoms with Crippen molar-refractivity contribution in [1.29, 1.82) is 0 Å². The van der Waals surface area contributed by atoms with Gasteiger partial charge in [0.05, 0.1) is 13.2 Å². The van der Waals surface area contributed by atoms with E-state index in [-0.39, 0.29) is 12.5 Å². The number of anilines is 2. The van der Waals surface area contributed by atoms with E-state index in [4.69, 9.17) is 28.2 Å². The average Bonchev–Trinajstić information content (AvgIpc) is 3.35. The van der Waals surface area contributed by atoms with Crippen molar-refractivity contribution in [2.45, 2.75) is 25.9 Å². The van der Waals surface area contributed by atoms with E-state index in [0.29, 0.717) is 50.6 Å². The molecule has 0 aliphatic rings. The smallest absolute Gasteiger partial charge is 0.411 e. The van der Waals surface area contributed by atoms with Gasteiger partial charge in [-0.05, 0) is 47.9 Å². The van der Waals surface area contributed by atoms with Crippen LogP contribution in [0.4, 0.5) is 21.0 Å². The number of amides is 4. The van der Waals surface area contributed by atoms with Crippen LogP contribution >= 0.6 is 23.2 Å². The predicted octanol–water partition coefficient (Wildman–Crippen LogP) is 6.30. The summed E-state index contributed by atoms with van der Waals surface area (Å²) < 4.78 is 4.62. The van der Waals surface area contributed by atoms with Crippen LogP contribution in [-0.4, -0.2) is 35.1 Å². The summed E-state index contributed by atoms with van der Waals surface area (Å²) in [6.45, 7) is 1.53. The molecule has 0 unspecified atom stereocenters. The monoisotopic (exact) mass is 594 g/mol. The van der Waals surface area contributed by atoms with Crippen LogP contribution < -0.4 is 21.3 Å². The largest absolute Gasteiger partial charge is 0.453 e. The average molecular weight is 595 g/mol. The maximum atomic E-state index is 13.1. The van der Waals surface area contributed by atoms with Gasteiger partial charge in [-0.15, -0.1) is 0 Å². The van der Waals surface area contributed by atoms with Gasteiger partial charge in [-0.25, -0.2) is 14.6 Å². The number of halogens is 2. The van der Waals surface area contributed by atoms with Gasteiger partial charge in [-0.3, -0.25) is 10.1 Å². The first-order valence-corrected chi connectivity index (χ1v) is 13.3. The molecular formula is C29H28Cl2N6O4. The van der Waals surface area contributed by atoms with Gasteiger partial charge in [-0.1, -0.05) is 65.7 Å². The summed E-state index contributed by atoms with van der Waals surface area (Å²) >= 11 is 12.7. The van der Waals surface area contributed by atoms with E-state index >= 15 is 0 Å². The molecule has 0 saturated carbocycles. The number of benzene rings is 3. The number of methoxy groups -OCH3 is 1. The highest BCUT2D eigenvalue weighted by Gasteiger charge is 2.22. The first-order valence-electron chi connectivity index (χ1n) is 12.6. The van der Waals surface area contributed by atoms with Gasteiger partial charge in [-0.2, -0.15) is 0 Å². The Morgan fingerprint density at radius 3 is 2.39 bits per heavy atom. The van der Waals surface area contributed by atoms with Crippen molar-refractivity contribution >= 4 is 52.6 Å². The van der Waals surface area contributed by atoms with Crippen molar-refractivity contribution in [2.75, 3.05) is 17.7 Å². The van der Waals surface area contributed by atoms with Crippen molar-refractivity contribution in [1.82, 2.24) is 20.6 Å². The molecule has 4 aromatic rings. The molecule has 1 atom stereocenters. The van der Waals surface area contributed by atoms with Crippen molar-refractivity contribution < 1.29 is 19.1 Å². The number of hydrogen-bond acceptors (Lipinski definition) is 5. The fourth-order valence-corrected chi connectivity index (χ4v) is 4.52. The minimum absolute atomic E-state index is 0.121. The van der Waals surface area contributed by atoms with Crippen LogP contribution in [0.25, 0.3) is 11.3 Å². The number of nitrogens with zero attached hydrogens (tertiary/aromatic N) is 1. The molecule has 212 valence electrons. The van der Waals surface area contributed by atoms with Crippen LogP contribution in [0.15, 0.2) is 72.8 Å². The Morgan fingerprint density at radius 2 is 1.71 bits per heavy atom. The second-order valence-corrected chi connectivity index (χ2v) is 9.84. The second-order valence-electron chi connectivity index (χ2n) is 9.03. The Bertz CT molecular complexity index is 1530. The minimum Gasteiger partial charge on any atom is -0.453 e. The van der Waals surface area contributed by atoms with E-state index in [1.165, 1.54) is 14.0 Å². The lowest BCUT2D eigenvalue weighted by atomic mass is 10.1. The van der Waals surface area contributed by atoms with E-state index < -0.39 is 18.2 Å². The highest BCUT2D eigenvalue weighted by Crippen LogP contribution is 2.29. The van der Waals surface area contributed by atoms with Crippen molar-refractivity contribution in [3.63, 3.8) is 0 Å². The molecule has 12 heteroatoms. The summed E-state index contributed by atoms with van der Waals surface area (Å²) in [6.07, 6.45) is -0.138. The molecule has 0 radical (unpaired) electrons. The van der Waals surface area contributed by atoms with Gasteiger partial charge in [0.2, 0.25) is 5.91 Å². The van der Waals surface area contributed by atoms with Crippen LogP contribution in [0.1, 0.15) is 29.9 Å². The number of imidazole rings is 1. The number of H-pyrrole nitrogens is 1. The van der Waals surface area contributed by atoms with E-state index in [1.54, 1.807) is 42.5 Å². The number of urea groups is 1. The van der Waals surface area contributed by atoms with Crippen LogP contribution in [0.5, 0.6) is 0 Å². The van der Waals surface area contributed by atoms with E-state index in [9.17, 15) is 14.4 Å². The Kier molecular flexibility index (Phi) is 9.83. The van der Waals surface area contributed by atoms with Gasteiger partial charge in [0, 0.05) is 35.4 Å². The fraction of sp³-hybridized carbons (Fsp3) is 0.172. The van der Waals surface area contributed by atoms with Crippen LogP contribution in [0.2, 0.25) is 10.2 Å². The Labute approximate surface area is 246 Å². The molecule has 0 saturated heterocycles. The number of carbonyl (C=O) groups is 3. The van der Waals surface area contributed by atoms with Gasteiger partial charge in [0.1, 0.15) is 16.7 Å². The lowest BCUT2D eigenvalue weighted by molar-refractivity contribution is -0.114. The highest BCUT2D eigenvalue weighted by molar-refractivity contribution is 6.32. The first-order chi connectivity index (χ1) is 19.7. The van der Waals surface area contributed by atoms with Crippen molar-refractivity contribution in [3.05, 3.63) is 99.9 Å². The molecule has 1 aromatic heterocycles. The topological polar surface area (TPSA) is 137 Å². The molecule has 0 spiro atoms. The van der Waals surface area contributed by atoms with E-state index in [0.717, 1.165) is 5.56 Å². The zero-order chi connectivity index (χ0) is 29.4. The standard InChI is InChI=1S/C29H28Cl2N6O4/c1-17(38)33-23-13-10-21(30)15-20(23)16-32-28(39)35-24(14-18-6-4-3-5-7-18)27-36-25(26(31)37-27)19-8-11-22(12-9-19)34-29(40)41-2/h3-13,15,24H,14,16H2,1-2H3,(H,33,38)(H,34,40)(H,36,37)(H2,32,35,39)/t24-/m0/s1. The maximum absolute atomic E-state index is 13.1. The quantitative estimate of drug-likeness (QED) is 0.155. The predicted molar refractivity (Wildman–Crippen MR) is 159 cm³/mol. The van der Waals surface area contributed by atoms with Gasteiger partial charge in [0.25, 0.3) is 0 Å². The molecule has 5 N–H and O–H groups in total. The summed E-state index contributed by atoms with van der Waals surface area (Å²) in [5, 5.41) is 11.9. The third-order valence-corrected chi connectivity index (χ3v) is 6.51. The lowest BCUT2D eigenvalue weighted by Crippen LogP contribution is -2.39. The number of aromatic nitrogens is 2. The van der Waals surface area contributed by atoms with Crippen LogP contribution in [0, 0.1) is 0 Å². The molecule has 4 amide bonds. The van der Waals surface area contributed by atoms with Gasteiger partial charge < -0.3 is 25.7 Å². The molecule has 0 fully saturated rings. The zero-order valence-corrected chi connectivity index (χ0v) is 23.8. The Balaban J connectivity index is 1.53. The number of carbonyl (C=O) groups excluding carboxylic acids is 3. The van der Waals surface area contributed by atoms with Crippen molar-refractivity contribution in [3.8, 4) is 11.3 Å². The third-order valence-electron chi connectivity index (χ3n) is 6.00. The number of hydrogen-bond donors (Lipinski definition) is 5. The Morgan fingerprint density at radius 1 is 0.976 bits per heavy atom. The summed E-state index contributed by atoms with van der Waals surface area (Å²) in [6, 6.07) is 20.6. The van der Waals surface area contributed by atoms with Gasteiger partial charge in [0.15, 0.2) is 0 Å². The van der Waals surface area contributed by atoms with Crippen LogP contribution in [-0.2, 0) is 22.5 Å². The summed E-state index contributed by atoms with van der Waals surface area (Å²) in [7, 11) is 1.29. The SMILES string of the molecule is COC(=O)Nc1ccc(-c2nc([C@H](Cc3ccccc3)NC(=O)NCc3cc(Cl)ccc3NC(C)=O)[nH]c2Cl)cc1. The highest BCUT2D eigenvalue weighted by atomic mass is 35.5. The normalized spacial score (nSPS) is 11.3. The number of aromatic amines is 1. The summed E-state index contributed by atoms with van der Waals surface area (Å²) in [5.41, 5.74) is 3.93. The fourth-order valence-electron chi connectivity index (χ4n) is 4.08. The first kappa shape index (κ1) is 29.4. The molecule has 0 aliphatic heterocycles. The molecule has 10 nitrogen and oxygen atoms in total. The van der Waals surface area contributed by atoms with Crippen LogP contribution in [0.3, 0.4) is 0 Å². The molecule has 4 rings (SSSR count). The molecular weight excluding hydrogens is 567 g/mol. The summed E-state index contributed by atoms with van der Waals surface area (Å²) in [4.78, 5) is 43.9. The number of nitrogens with one attached hydrogen (secondary N) is 5. The zero-order valence-electron chi connectivity index (χ0n) is 22.3. The number of ether oxygens (including phenoxy) is 1. The Hall–Kier alpha value is -4.54. The molecule has 41 heavy (non-hydrogen) atoms. The van der Waals surface area contributed by atoms with E-state index in [1.807, 2.05) is 30.3 Å². The number of rotatable bonds is 9. The third kappa shape index (κ3) is 8.23. The molecule has 1 heterocycles. The maximum Gasteiger partial charge on any atom is 0.411 e. The van der Waals surface area contributed by atoms with Crippen molar-refractivity contribution in [2.24, 2.45) is 0 Å². The molecule has 0 bridgehead atoms. The van der Waals surface area contributed by atoms with E-state index in [2.05, 4.69) is 31.0 Å². The van der Waals surface area contributed by atoms with Gasteiger partial charge >= 0.3 is 12.1 Å². The lowest BCUT2D eigenvalue weighted by Gasteiger charge is -2.18. The molecule has 3 aromatic carbocycles. The summed E-state index contributed by atoms with van der Waals surface area (Å²) in [5.74, 6) is 0.225. The minimum atomic E-state index is -0.576.